The SMILES string of the molecule is O=C1C=CC2=C3CC=CC=C3OCC2=C1. The fraction of sp³-hybridized carbons (Fsp3) is 0.154. The van der Waals surface area contributed by atoms with Crippen molar-refractivity contribution in [3.8, 4) is 0 Å². The van der Waals surface area contributed by atoms with Crippen LogP contribution in [-0.2, 0) is 9.53 Å². The van der Waals surface area contributed by atoms with E-state index in [1.54, 1.807) is 12.2 Å². The van der Waals surface area contributed by atoms with Crippen LogP contribution >= 0.6 is 0 Å². The Balaban J connectivity index is 2.15. The van der Waals surface area contributed by atoms with Crippen LogP contribution in [0.5, 0.6) is 0 Å². The molecule has 2 nitrogen and oxygen atoms in total. The standard InChI is InChI=1S/C13H10O2/c14-10-5-6-11-9(7-10)8-15-13-4-2-1-3-12(11)13/h1-2,4-7H,3,8H2. The Hall–Kier alpha value is -1.83. The summed E-state index contributed by atoms with van der Waals surface area (Å²) in [5.74, 6) is 1.00. The molecule has 0 atom stereocenters. The molecule has 0 N–H and O–H groups in total. The Labute approximate surface area is 87.9 Å². The van der Waals surface area contributed by atoms with Gasteiger partial charge in [-0.2, -0.15) is 0 Å². The molecule has 0 unspecified atom stereocenters. The number of carbonyl (C=O) groups excluding carboxylic acids is 1. The van der Waals surface area contributed by atoms with Gasteiger partial charge in [-0.25, -0.2) is 0 Å². The highest BCUT2D eigenvalue weighted by molar-refractivity contribution is 6.02. The van der Waals surface area contributed by atoms with Gasteiger partial charge in [0.15, 0.2) is 5.78 Å². The van der Waals surface area contributed by atoms with Crippen molar-refractivity contribution < 1.29 is 9.53 Å². The van der Waals surface area contributed by atoms with Crippen molar-refractivity contribution in [2.45, 2.75) is 6.42 Å². The van der Waals surface area contributed by atoms with Gasteiger partial charge in [0.2, 0.25) is 0 Å². The van der Waals surface area contributed by atoms with E-state index in [4.69, 9.17) is 4.74 Å². The number of fused-ring (bicyclic) bond motifs is 2. The number of hydrogen-bond donors (Lipinski definition) is 0. The van der Waals surface area contributed by atoms with E-state index in [9.17, 15) is 4.79 Å². The summed E-state index contributed by atoms with van der Waals surface area (Å²) < 4.78 is 5.60. The van der Waals surface area contributed by atoms with Crippen molar-refractivity contribution in [1.82, 2.24) is 0 Å². The largest absolute Gasteiger partial charge is 0.489 e. The molecular formula is C13H10O2. The Kier molecular flexibility index (Phi) is 1.75. The van der Waals surface area contributed by atoms with Crippen molar-refractivity contribution in [3.05, 3.63) is 58.9 Å². The molecule has 0 spiro atoms. The molecule has 2 aliphatic carbocycles. The maximum atomic E-state index is 11.2. The first-order chi connectivity index (χ1) is 7.34. The van der Waals surface area contributed by atoms with E-state index in [1.165, 1.54) is 5.57 Å². The summed E-state index contributed by atoms with van der Waals surface area (Å²) in [6.45, 7) is 0.509. The van der Waals surface area contributed by atoms with Gasteiger partial charge >= 0.3 is 0 Å². The second kappa shape index (κ2) is 3.09. The third-order valence-electron chi connectivity index (χ3n) is 2.79. The lowest BCUT2D eigenvalue weighted by Crippen LogP contribution is -2.16. The zero-order valence-electron chi connectivity index (χ0n) is 8.19. The topological polar surface area (TPSA) is 26.3 Å². The van der Waals surface area contributed by atoms with Crippen molar-refractivity contribution in [1.29, 1.82) is 0 Å². The van der Waals surface area contributed by atoms with Gasteiger partial charge in [-0.1, -0.05) is 18.2 Å². The van der Waals surface area contributed by atoms with Gasteiger partial charge in [-0.15, -0.1) is 0 Å². The molecule has 0 saturated carbocycles. The van der Waals surface area contributed by atoms with E-state index in [0.717, 1.165) is 23.3 Å². The lowest BCUT2D eigenvalue weighted by Gasteiger charge is -2.26. The number of allylic oxidation sites excluding steroid dienone is 7. The van der Waals surface area contributed by atoms with Crippen LogP contribution in [-0.4, -0.2) is 12.4 Å². The molecule has 0 aromatic carbocycles. The fourth-order valence-corrected chi connectivity index (χ4v) is 2.06. The van der Waals surface area contributed by atoms with Crippen LogP contribution in [0, 0.1) is 0 Å². The molecule has 74 valence electrons. The minimum atomic E-state index is 0.0525. The van der Waals surface area contributed by atoms with Gasteiger partial charge in [0.05, 0.1) is 0 Å². The minimum absolute atomic E-state index is 0.0525. The Morgan fingerprint density at radius 2 is 2.20 bits per heavy atom. The summed E-state index contributed by atoms with van der Waals surface area (Å²) in [6.07, 6.45) is 12.2. The van der Waals surface area contributed by atoms with Gasteiger partial charge in [0.1, 0.15) is 12.4 Å². The lowest BCUT2D eigenvalue weighted by molar-refractivity contribution is -0.110. The number of rotatable bonds is 0. The Morgan fingerprint density at radius 3 is 3.13 bits per heavy atom. The van der Waals surface area contributed by atoms with Gasteiger partial charge in [-0.05, 0) is 30.2 Å². The summed E-state index contributed by atoms with van der Waals surface area (Å²) in [4.78, 5) is 11.2. The van der Waals surface area contributed by atoms with Crippen LogP contribution in [0.2, 0.25) is 0 Å². The van der Waals surface area contributed by atoms with E-state index in [2.05, 4.69) is 6.08 Å². The number of ketones is 1. The maximum absolute atomic E-state index is 11.2. The molecule has 0 aromatic rings. The predicted octanol–water partition coefficient (Wildman–Crippen LogP) is 2.22. The second-order valence-corrected chi connectivity index (χ2v) is 3.75. The van der Waals surface area contributed by atoms with Gasteiger partial charge < -0.3 is 4.74 Å². The summed E-state index contributed by atoms with van der Waals surface area (Å²) in [7, 11) is 0. The molecule has 0 saturated heterocycles. The maximum Gasteiger partial charge on any atom is 0.179 e. The normalized spacial score (nSPS) is 22.8. The lowest BCUT2D eigenvalue weighted by atomic mass is 9.89. The van der Waals surface area contributed by atoms with Crippen LogP contribution < -0.4 is 0 Å². The number of ether oxygens (including phenoxy) is 1. The fourth-order valence-electron chi connectivity index (χ4n) is 2.06. The third-order valence-corrected chi connectivity index (χ3v) is 2.79. The molecule has 0 fully saturated rings. The zero-order chi connectivity index (χ0) is 10.3. The first kappa shape index (κ1) is 8.48. The summed E-state index contributed by atoms with van der Waals surface area (Å²) in [5, 5.41) is 0. The highest BCUT2D eigenvalue weighted by Gasteiger charge is 2.23. The van der Waals surface area contributed by atoms with Crippen LogP contribution in [0.15, 0.2) is 58.9 Å². The minimum Gasteiger partial charge on any atom is -0.489 e. The Morgan fingerprint density at radius 1 is 1.27 bits per heavy atom. The van der Waals surface area contributed by atoms with E-state index < -0.39 is 0 Å². The third kappa shape index (κ3) is 1.30. The molecule has 0 aromatic heterocycles. The molecule has 0 bridgehead atoms. The molecule has 1 aliphatic heterocycles. The average molecular weight is 198 g/mol. The second-order valence-electron chi connectivity index (χ2n) is 3.75. The number of hydrogen-bond acceptors (Lipinski definition) is 2. The zero-order valence-corrected chi connectivity index (χ0v) is 8.19. The monoisotopic (exact) mass is 198 g/mol. The molecular weight excluding hydrogens is 188 g/mol. The summed E-state index contributed by atoms with van der Waals surface area (Å²) >= 11 is 0. The van der Waals surface area contributed by atoms with Crippen molar-refractivity contribution >= 4 is 5.78 Å². The predicted molar refractivity (Wildman–Crippen MR) is 57.0 cm³/mol. The highest BCUT2D eigenvalue weighted by Crippen LogP contribution is 2.34. The molecule has 3 aliphatic rings. The van der Waals surface area contributed by atoms with E-state index in [0.29, 0.717) is 6.61 Å². The molecule has 0 amide bonds. The van der Waals surface area contributed by atoms with Crippen LogP contribution in [0.4, 0.5) is 0 Å². The van der Waals surface area contributed by atoms with E-state index in [-0.39, 0.29) is 5.78 Å². The highest BCUT2D eigenvalue weighted by atomic mass is 16.5. The van der Waals surface area contributed by atoms with Crippen LogP contribution in [0.1, 0.15) is 6.42 Å². The number of carbonyl (C=O) groups is 1. The first-order valence-electron chi connectivity index (χ1n) is 5.01. The van der Waals surface area contributed by atoms with E-state index >= 15 is 0 Å². The van der Waals surface area contributed by atoms with Gasteiger partial charge in [0, 0.05) is 11.1 Å². The Bertz CT molecular complexity index is 485. The van der Waals surface area contributed by atoms with Crippen molar-refractivity contribution in [2.24, 2.45) is 0 Å². The smallest absolute Gasteiger partial charge is 0.179 e. The molecule has 15 heavy (non-hydrogen) atoms. The van der Waals surface area contributed by atoms with Gasteiger partial charge in [-0.3, -0.25) is 4.79 Å². The molecule has 2 heteroatoms. The van der Waals surface area contributed by atoms with Crippen LogP contribution in [0.3, 0.4) is 0 Å². The first-order valence-corrected chi connectivity index (χ1v) is 5.01. The average Bonchev–Trinajstić information content (AvgIpc) is 2.28. The summed E-state index contributed by atoms with van der Waals surface area (Å²) in [5.41, 5.74) is 3.36. The van der Waals surface area contributed by atoms with Crippen molar-refractivity contribution in [2.75, 3.05) is 6.61 Å². The molecule has 1 heterocycles. The van der Waals surface area contributed by atoms with Gasteiger partial charge in [0.25, 0.3) is 0 Å². The van der Waals surface area contributed by atoms with Crippen molar-refractivity contribution in [3.63, 3.8) is 0 Å². The quantitative estimate of drug-likeness (QED) is 0.596. The molecule has 0 radical (unpaired) electrons. The van der Waals surface area contributed by atoms with Crippen LogP contribution in [0.25, 0.3) is 0 Å². The summed E-state index contributed by atoms with van der Waals surface area (Å²) in [6, 6.07) is 0. The van der Waals surface area contributed by atoms with E-state index in [1.807, 2.05) is 18.2 Å². The molecule has 3 rings (SSSR count).